The van der Waals surface area contributed by atoms with E-state index in [1.807, 2.05) is 42.5 Å². The predicted molar refractivity (Wildman–Crippen MR) is 93.3 cm³/mol. The SMILES string of the molecule is CCc1ccc(CNC(=O)CN(Cc2ccccc2)CC(F)F)s1. The maximum Gasteiger partial charge on any atom is 0.251 e. The molecular weight excluding hydrogens is 330 g/mol. The van der Waals surface area contributed by atoms with Crippen molar-refractivity contribution in [3.8, 4) is 0 Å². The summed E-state index contributed by atoms with van der Waals surface area (Å²) in [4.78, 5) is 15.9. The van der Waals surface area contributed by atoms with Gasteiger partial charge in [-0.1, -0.05) is 37.3 Å². The molecule has 0 saturated heterocycles. The van der Waals surface area contributed by atoms with Crippen LogP contribution in [0, 0.1) is 0 Å². The van der Waals surface area contributed by atoms with Gasteiger partial charge in [0.25, 0.3) is 6.43 Å². The Hall–Kier alpha value is -1.79. The highest BCUT2D eigenvalue weighted by molar-refractivity contribution is 7.11. The summed E-state index contributed by atoms with van der Waals surface area (Å²) in [5.74, 6) is -0.238. The van der Waals surface area contributed by atoms with E-state index in [0.29, 0.717) is 13.1 Å². The van der Waals surface area contributed by atoms with Crippen molar-refractivity contribution in [1.82, 2.24) is 10.2 Å². The number of halogens is 2. The topological polar surface area (TPSA) is 32.3 Å². The van der Waals surface area contributed by atoms with E-state index in [9.17, 15) is 13.6 Å². The number of thiophene rings is 1. The van der Waals surface area contributed by atoms with Crippen molar-refractivity contribution in [2.24, 2.45) is 0 Å². The second-order valence-electron chi connectivity index (χ2n) is 5.54. The molecule has 0 fully saturated rings. The molecule has 0 atom stereocenters. The molecule has 0 bridgehead atoms. The number of hydrogen-bond donors (Lipinski definition) is 1. The zero-order valence-corrected chi connectivity index (χ0v) is 14.5. The highest BCUT2D eigenvalue weighted by Gasteiger charge is 2.16. The molecule has 1 N–H and O–H groups in total. The molecule has 1 heterocycles. The monoisotopic (exact) mass is 352 g/mol. The van der Waals surface area contributed by atoms with Gasteiger partial charge in [0.15, 0.2) is 0 Å². The van der Waals surface area contributed by atoms with Crippen molar-refractivity contribution >= 4 is 17.2 Å². The van der Waals surface area contributed by atoms with Crippen molar-refractivity contribution in [3.05, 3.63) is 57.8 Å². The third-order valence-electron chi connectivity index (χ3n) is 3.54. The molecule has 24 heavy (non-hydrogen) atoms. The number of hydrogen-bond acceptors (Lipinski definition) is 3. The number of amides is 1. The normalized spacial score (nSPS) is 11.2. The molecule has 1 aromatic carbocycles. The van der Waals surface area contributed by atoms with E-state index in [-0.39, 0.29) is 12.5 Å². The largest absolute Gasteiger partial charge is 0.350 e. The van der Waals surface area contributed by atoms with Crippen molar-refractivity contribution in [2.75, 3.05) is 13.1 Å². The van der Waals surface area contributed by atoms with Crippen molar-refractivity contribution in [3.63, 3.8) is 0 Å². The van der Waals surface area contributed by atoms with Crippen LogP contribution in [0.2, 0.25) is 0 Å². The lowest BCUT2D eigenvalue weighted by Crippen LogP contribution is -2.38. The van der Waals surface area contributed by atoms with Gasteiger partial charge in [0.1, 0.15) is 0 Å². The third-order valence-corrected chi connectivity index (χ3v) is 4.77. The molecular formula is C18H22F2N2OS. The Labute approximate surface area is 145 Å². The Morgan fingerprint density at radius 1 is 1.17 bits per heavy atom. The number of benzene rings is 1. The molecule has 1 aromatic heterocycles. The summed E-state index contributed by atoms with van der Waals surface area (Å²) >= 11 is 1.66. The summed E-state index contributed by atoms with van der Waals surface area (Å²) in [6, 6.07) is 13.4. The first kappa shape index (κ1) is 18.5. The van der Waals surface area contributed by atoms with E-state index in [0.717, 1.165) is 16.9 Å². The minimum Gasteiger partial charge on any atom is -0.350 e. The first-order valence-corrected chi connectivity index (χ1v) is 8.77. The van der Waals surface area contributed by atoms with Gasteiger partial charge in [-0.05, 0) is 24.1 Å². The van der Waals surface area contributed by atoms with Crippen LogP contribution in [0.4, 0.5) is 8.78 Å². The fourth-order valence-electron chi connectivity index (χ4n) is 2.37. The summed E-state index contributed by atoms with van der Waals surface area (Å²) in [7, 11) is 0. The maximum atomic E-state index is 12.8. The van der Waals surface area contributed by atoms with Crippen LogP contribution in [0.15, 0.2) is 42.5 Å². The average Bonchev–Trinajstić information content (AvgIpc) is 3.01. The number of carbonyl (C=O) groups excluding carboxylic acids is 1. The molecule has 3 nitrogen and oxygen atoms in total. The van der Waals surface area contributed by atoms with Gasteiger partial charge in [-0.15, -0.1) is 11.3 Å². The van der Waals surface area contributed by atoms with Crippen LogP contribution < -0.4 is 5.32 Å². The first-order valence-electron chi connectivity index (χ1n) is 7.95. The fourth-order valence-corrected chi connectivity index (χ4v) is 3.27. The predicted octanol–water partition coefficient (Wildman–Crippen LogP) is 3.69. The molecule has 0 aliphatic heterocycles. The van der Waals surface area contributed by atoms with E-state index in [1.54, 1.807) is 11.3 Å². The van der Waals surface area contributed by atoms with Crippen molar-refractivity contribution < 1.29 is 13.6 Å². The van der Waals surface area contributed by atoms with Crippen molar-refractivity contribution in [1.29, 1.82) is 0 Å². The zero-order valence-electron chi connectivity index (χ0n) is 13.7. The maximum absolute atomic E-state index is 12.8. The van der Waals surface area contributed by atoms with Crippen LogP contribution in [-0.2, 0) is 24.3 Å². The van der Waals surface area contributed by atoms with Gasteiger partial charge in [0, 0.05) is 16.3 Å². The van der Waals surface area contributed by atoms with E-state index >= 15 is 0 Å². The summed E-state index contributed by atoms with van der Waals surface area (Å²) in [6.07, 6.45) is -1.50. The van der Waals surface area contributed by atoms with Gasteiger partial charge in [-0.2, -0.15) is 0 Å². The average molecular weight is 352 g/mol. The van der Waals surface area contributed by atoms with Gasteiger partial charge in [-0.25, -0.2) is 8.78 Å². The number of aryl methyl sites for hydroxylation is 1. The standard InChI is InChI=1S/C18H22F2N2OS/c1-2-15-8-9-16(24-15)10-21-18(23)13-22(12-17(19)20)11-14-6-4-3-5-7-14/h3-9,17H,2,10-13H2,1H3,(H,21,23). The van der Waals surface area contributed by atoms with Gasteiger partial charge < -0.3 is 5.32 Å². The Morgan fingerprint density at radius 2 is 1.88 bits per heavy atom. The van der Waals surface area contributed by atoms with Crippen LogP contribution >= 0.6 is 11.3 Å². The Morgan fingerprint density at radius 3 is 2.50 bits per heavy atom. The van der Waals surface area contributed by atoms with Crippen LogP contribution in [0.25, 0.3) is 0 Å². The summed E-state index contributed by atoms with van der Waals surface area (Å²) in [6.45, 7) is 2.40. The molecule has 2 aromatic rings. The quantitative estimate of drug-likeness (QED) is 0.746. The highest BCUT2D eigenvalue weighted by Crippen LogP contribution is 2.16. The molecule has 130 valence electrons. The van der Waals surface area contributed by atoms with Crippen LogP contribution in [-0.4, -0.2) is 30.3 Å². The zero-order chi connectivity index (χ0) is 17.4. The van der Waals surface area contributed by atoms with Gasteiger partial charge in [0.05, 0.1) is 19.6 Å². The van der Waals surface area contributed by atoms with Gasteiger partial charge in [0.2, 0.25) is 5.91 Å². The number of nitrogens with one attached hydrogen (secondary N) is 1. The minimum atomic E-state index is -2.47. The Balaban J connectivity index is 1.86. The number of carbonyl (C=O) groups is 1. The minimum absolute atomic E-state index is 0.0365. The first-order chi connectivity index (χ1) is 11.6. The van der Waals surface area contributed by atoms with Crippen molar-refractivity contribution in [2.45, 2.75) is 32.9 Å². The van der Waals surface area contributed by atoms with E-state index in [1.165, 1.54) is 9.78 Å². The fraction of sp³-hybridized carbons (Fsp3) is 0.389. The summed E-state index contributed by atoms with van der Waals surface area (Å²) in [5, 5.41) is 2.81. The molecule has 0 aliphatic carbocycles. The number of nitrogens with zero attached hydrogens (tertiary/aromatic N) is 1. The third kappa shape index (κ3) is 6.37. The smallest absolute Gasteiger partial charge is 0.251 e. The molecule has 0 spiro atoms. The molecule has 1 amide bonds. The van der Waals surface area contributed by atoms with Crippen LogP contribution in [0.1, 0.15) is 22.2 Å². The second kappa shape index (κ2) is 9.49. The lowest BCUT2D eigenvalue weighted by Gasteiger charge is -2.21. The second-order valence-corrected chi connectivity index (χ2v) is 6.80. The molecule has 0 radical (unpaired) electrons. The number of rotatable bonds is 9. The number of alkyl halides is 2. The summed E-state index contributed by atoms with van der Waals surface area (Å²) in [5.41, 5.74) is 0.914. The molecule has 0 unspecified atom stereocenters. The molecule has 0 aliphatic rings. The van der Waals surface area contributed by atoms with Crippen LogP contribution in [0.5, 0.6) is 0 Å². The van der Waals surface area contributed by atoms with E-state index in [2.05, 4.69) is 12.2 Å². The molecule has 6 heteroatoms. The molecule has 2 rings (SSSR count). The lowest BCUT2D eigenvalue weighted by atomic mass is 10.2. The summed E-state index contributed by atoms with van der Waals surface area (Å²) < 4.78 is 25.5. The highest BCUT2D eigenvalue weighted by atomic mass is 32.1. The molecule has 0 saturated carbocycles. The van der Waals surface area contributed by atoms with Gasteiger partial charge >= 0.3 is 0 Å². The Bertz CT molecular complexity index is 631. The Kier molecular flexibility index (Phi) is 7.34. The van der Waals surface area contributed by atoms with E-state index in [4.69, 9.17) is 0 Å². The van der Waals surface area contributed by atoms with E-state index < -0.39 is 13.0 Å². The lowest BCUT2D eigenvalue weighted by molar-refractivity contribution is -0.122. The van der Waals surface area contributed by atoms with Gasteiger partial charge in [-0.3, -0.25) is 9.69 Å². The van der Waals surface area contributed by atoms with Crippen LogP contribution in [0.3, 0.4) is 0 Å².